The second-order valence-corrected chi connectivity index (χ2v) is 11.3. The molecule has 1 amide bonds. The summed E-state index contributed by atoms with van der Waals surface area (Å²) in [4.78, 5) is 26.0. The Balaban J connectivity index is 1.15. The second kappa shape index (κ2) is 12.4. The van der Waals surface area contributed by atoms with Crippen molar-refractivity contribution in [3.8, 4) is 11.6 Å². The van der Waals surface area contributed by atoms with Gasteiger partial charge in [0.05, 0.1) is 29.4 Å². The fourth-order valence-corrected chi connectivity index (χ4v) is 6.34. The predicted molar refractivity (Wildman–Crippen MR) is 165 cm³/mol. The first-order chi connectivity index (χ1) is 20.1. The maximum absolute atomic E-state index is 11.7. The Hall–Kier alpha value is -3.70. The average Bonchev–Trinajstić information content (AvgIpc) is 3.47. The minimum absolute atomic E-state index is 0.293. The number of rotatable bonds is 8. The van der Waals surface area contributed by atoms with Crippen molar-refractivity contribution >= 4 is 62.1 Å². The summed E-state index contributed by atoms with van der Waals surface area (Å²) in [7, 11) is 0. The SMILES string of the molecule is C=CC(=O)Nc1cccc(Oc2nc(Nc3ccc(N4CCC(N5CCOCC5)CC4)c(Cl)c3)nc3ccsc23)c1. The number of thiophene rings is 1. The molecule has 2 saturated heterocycles. The van der Waals surface area contributed by atoms with E-state index in [1.54, 1.807) is 24.3 Å². The quantitative estimate of drug-likeness (QED) is 0.231. The predicted octanol–water partition coefficient (Wildman–Crippen LogP) is 6.31. The van der Waals surface area contributed by atoms with Gasteiger partial charge in [-0.2, -0.15) is 4.98 Å². The monoisotopic (exact) mass is 590 g/mol. The van der Waals surface area contributed by atoms with Gasteiger partial charge in [0.15, 0.2) is 0 Å². The van der Waals surface area contributed by atoms with Crippen LogP contribution in [-0.4, -0.2) is 66.2 Å². The van der Waals surface area contributed by atoms with Gasteiger partial charge in [-0.3, -0.25) is 9.69 Å². The van der Waals surface area contributed by atoms with Crippen LogP contribution < -0.4 is 20.3 Å². The Morgan fingerprint density at radius 1 is 1.07 bits per heavy atom. The summed E-state index contributed by atoms with van der Waals surface area (Å²) in [6.07, 6.45) is 3.46. The number of nitrogens with zero attached hydrogens (tertiary/aromatic N) is 4. The largest absolute Gasteiger partial charge is 0.437 e. The van der Waals surface area contributed by atoms with E-state index in [4.69, 9.17) is 21.1 Å². The summed E-state index contributed by atoms with van der Waals surface area (Å²) in [5.41, 5.74) is 3.20. The van der Waals surface area contributed by atoms with E-state index >= 15 is 0 Å². The van der Waals surface area contributed by atoms with E-state index in [1.165, 1.54) is 17.4 Å². The highest BCUT2D eigenvalue weighted by Gasteiger charge is 2.26. The highest BCUT2D eigenvalue weighted by atomic mass is 35.5. The molecule has 2 fully saturated rings. The maximum atomic E-state index is 11.7. The highest BCUT2D eigenvalue weighted by molar-refractivity contribution is 7.17. The lowest BCUT2D eigenvalue weighted by atomic mass is 10.0. The Bertz CT molecular complexity index is 1550. The van der Waals surface area contributed by atoms with Crippen molar-refractivity contribution in [1.82, 2.24) is 14.9 Å². The molecule has 0 bridgehead atoms. The molecule has 2 aliphatic heterocycles. The average molecular weight is 591 g/mol. The van der Waals surface area contributed by atoms with Gasteiger partial charge >= 0.3 is 0 Å². The molecule has 4 aromatic rings. The number of carbonyl (C=O) groups is 1. The van der Waals surface area contributed by atoms with Crippen LogP contribution in [0, 0.1) is 0 Å². The smallest absolute Gasteiger partial charge is 0.247 e. The molecule has 212 valence electrons. The summed E-state index contributed by atoms with van der Waals surface area (Å²) >= 11 is 8.28. The Labute approximate surface area is 247 Å². The zero-order valence-corrected chi connectivity index (χ0v) is 24.1. The van der Waals surface area contributed by atoms with Gasteiger partial charge < -0.3 is 25.0 Å². The van der Waals surface area contributed by atoms with Crippen molar-refractivity contribution in [2.45, 2.75) is 18.9 Å². The minimum atomic E-state index is -0.293. The number of ether oxygens (including phenoxy) is 2. The van der Waals surface area contributed by atoms with Gasteiger partial charge in [0.2, 0.25) is 17.7 Å². The number of benzene rings is 2. The maximum Gasteiger partial charge on any atom is 0.247 e. The van der Waals surface area contributed by atoms with Crippen LogP contribution in [0.15, 0.2) is 66.6 Å². The van der Waals surface area contributed by atoms with Crippen LogP contribution in [-0.2, 0) is 9.53 Å². The molecule has 0 radical (unpaired) electrons. The number of halogens is 1. The molecule has 0 aliphatic carbocycles. The molecule has 0 saturated carbocycles. The van der Waals surface area contributed by atoms with Crippen LogP contribution in [0.4, 0.5) is 23.0 Å². The third-order valence-corrected chi connectivity index (χ3v) is 8.54. The van der Waals surface area contributed by atoms with Gasteiger partial charge in [-0.1, -0.05) is 24.2 Å². The van der Waals surface area contributed by atoms with Crippen LogP contribution in [0.5, 0.6) is 11.6 Å². The van der Waals surface area contributed by atoms with Crippen molar-refractivity contribution in [2.75, 3.05) is 54.9 Å². The summed E-state index contributed by atoms with van der Waals surface area (Å²) in [5, 5.41) is 8.67. The van der Waals surface area contributed by atoms with Crippen LogP contribution in [0.2, 0.25) is 5.02 Å². The van der Waals surface area contributed by atoms with Crippen molar-refractivity contribution in [3.05, 3.63) is 71.6 Å². The standard InChI is InChI=1S/C30H31ClN6O3S/c1-2-27(38)32-20-4-3-5-23(18-20)40-29-28-25(10-17-41-28)34-30(35-29)33-21-6-7-26(24(31)19-21)37-11-8-22(9-12-37)36-13-15-39-16-14-36/h2-7,10,17-19,22H,1,8-9,11-16H2,(H,32,38)(H,33,34,35). The van der Waals surface area contributed by atoms with Crippen LogP contribution in [0.1, 0.15) is 12.8 Å². The third kappa shape index (κ3) is 6.46. The Morgan fingerprint density at radius 3 is 2.68 bits per heavy atom. The zero-order valence-electron chi connectivity index (χ0n) is 22.5. The number of nitrogens with one attached hydrogen (secondary N) is 2. The third-order valence-electron chi connectivity index (χ3n) is 7.35. The number of amides is 1. The molecule has 41 heavy (non-hydrogen) atoms. The first-order valence-corrected chi connectivity index (χ1v) is 14.9. The van der Waals surface area contributed by atoms with Gasteiger partial charge in [-0.25, -0.2) is 4.98 Å². The van der Waals surface area contributed by atoms with Gasteiger partial charge in [0.1, 0.15) is 10.4 Å². The lowest BCUT2D eigenvalue weighted by Gasteiger charge is -2.41. The van der Waals surface area contributed by atoms with E-state index in [2.05, 4.69) is 43.0 Å². The topological polar surface area (TPSA) is 91.8 Å². The second-order valence-electron chi connectivity index (χ2n) is 9.97. The number of piperidine rings is 1. The molecule has 11 heteroatoms. The van der Waals surface area contributed by atoms with Gasteiger partial charge in [-0.05, 0) is 60.7 Å². The van der Waals surface area contributed by atoms with Crippen molar-refractivity contribution in [2.24, 2.45) is 0 Å². The number of hydrogen-bond donors (Lipinski definition) is 2. The van der Waals surface area contributed by atoms with E-state index < -0.39 is 0 Å². The Morgan fingerprint density at radius 2 is 1.90 bits per heavy atom. The fraction of sp³-hybridized carbons (Fsp3) is 0.300. The summed E-state index contributed by atoms with van der Waals surface area (Å²) in [6.45, 7) is 9.16. The molecule has 2 aromatic heterocycles. The molecule has 0 spiro atoms. The molecule has 9 nitrogen and oxygen atoms in total. The number of morpholine rings is 1. The van der Waals surface area contributed by atoms with Gasteiger partial charge in [0, 0.05) is 49.7 Å². The fourth-order valence-electron chi connectivity index (χ4n) is 5.29. The van der Waals surface area contributed by atoms with E-state index in [0.717, 1.165) is 73.8 Å². The van der Waals surface area contributed by atoms with Crippen LogP contribution >= 0.6 is 22.9 Å². The zero-order chi connectivity index (χ0) is 28.2. The van der Waals surface area contributed by atoms with Gasteiger partial charge in [-0.15, -0.1) is 11.3 Å². The molecular formula is C30H31ClN6O3S. The number of anilines is 4. The number of aromatic nitrogens is 2. The molecule has 2 aromatic carbocycles. The molecule has 0 atom stereocenters. The van der Waals surface area contributed by atoms with Crippen LogP contribution in [0.25, 0.3) is 10.2 Å². The first-order valence-electron chi connectivity index (χ1n) is 13.7. The summed E-state index contributed by atoms with van der Waals surface area (Å²) in [5.74, 6) is 1.07. The number of carbonyl (C=O) groups excluding carboxylic acids is 1. The molecule has 4 heterocycles. The summed E-state index contributed by atoms with van der Waals surface area (Å²) < 4.78 is 12.5. The normalized spacial score (nSPS) is 16.5. The molecule has 2 N–H and O–H groups in total. The van der Waals surface area contributed by atoms with Crippen LogP contribution in [0.3, 0.4) is 0 Å². The molecular weight excluding hydrogens is 560 g/mol. The van der Waals surface area contributed by atoms with Crippen molar-refractivity contribution in [3.63, 3.8) is 0 Å². The highest BCUT2D eigenvalue weighted by Crippen LogP contribution is 2.35. The number of fused-ring (bicyclic) bond motifs is 1. The summed E-state index contributed by atoms with van der Waals surface area (Å²) in [6, 6.07) is 15.6. The van der Waals surface area contributed by atoms with E-state index in [1.807, 2.05) is 23.6 Å². The molecule has 2 aliphatic rings. The van der Waals surface area contributed by atoms with Crippen molar-refractivity contribution < 1.29 is 14.3 Å². The number of hydrogen-bond acceptors (Lipinski definition) is 9. The Kier molecular flexibility index (Phi) is 8.33. The lowest BCUT2D eigenvalue weighted by molar-refractivity contribution is -0.111. The first kappa shape index (κ1) is 27.5. The van der Waals surface area contributed by atoms with E-state index in [9.17, 15) is 4.79 Å². The van der Waals surface area contributed by atoms with E-state index in [0.29, 0.717) is 34.3 Å². The molecule has 6 rings (SSSR count). The van der Waals surface area contributed by atoms with E-state index in [-0.39, 0.29) is 5.91 Å². The lowest BCUT2D eigenvalue weighted by Crippen LogP contribution is -2.49. The van der Waals surface area contributed by atoms with Gasteiger partial charge in [0.25, 0.3) is 0 Å². The molecule has 0 unspecified atom stereocenters. The van der Waals surface area contributed by atoms with Crippen molar-refractivity contribution in [1.29, 1.82) is 0 Å². The minimum Gasteiger partial charge on any atom is -0.437 e.